The number of halogens is 3. The molecular formula is C25H31F3O5S. The van der Waals surface area contributed by atoms with Crippen molar-refractivity contribution in [3.05, 3.63) is 23.8 Å². The van der Waals surface area contributed by atoms with E-state index >= 15 is 8.78 Å². The maximum Gasteiger partial charge on any atom is 0.306 e. The van der Waals surface area contributed by atoms with Crippen LogP contribution in [0.25, 0.3) is 0 Å². The number of alkyl halides is 3. The Hall–Kier alpha value is -1.61. The van der Waals surface area contributed by atoms with Crippen molar-refractivity contribution in [1.82, 2.24) is 0 Å². The summed E-state index contributed by atoms with van der Waals surface area (Å²) in [5.74, 6) is -3.30. The van der Waals surface area contributed by atoms with E-state index in [1.165, 1.54) is 19.1 Å². The Morgan fingerprint density at radius 2 is 1.94 bits per heavy atom. The summed E-state index contributed by atoms with van der Waals surface area (Å²) in [7, 11) is 0. The van der Waals surface area contributed by atoms with Crippen LogP contribution in [0, 0.1) is 28.6 Å². The summed E-state index contributed by atoms with van der Waals surface area (Å²) in [6.07, 6.45) is 0.160. The topological polar surface area (TPSA) is 80.7 Å². The fourth-order valence-electron chi connectivity index (χ4n) is 7.63. The molecule has 9 atom stereocenters. The Morgan fingerprint density at radius 1 is 1.26 bits per heavy atom. The van der Waals surface area contributed by atoms with Crippen molar-refractivity contribution in [2.24, 2.45) is 28.6 Å². The van der Waals surface area contributed by atoms with Gasteiger partial charge in [-0.15, -0.1) is 0 Å². The summed E-state index contributed by atoms with van der Waals surface area (Å²) in [6.45, 7) is 6.45. The highest BCUT2D eigenvalue weighted by molar-refractivity contribution is 8.13. The van der Waals surface area contributed by atoms with Crippen LogP contribution in [-0.4, -0.2) is 51.5 Å². The van der Waals surface area contributed by atoms with Gasteiger partial charge in [-0.2, -0.15) is 0 Å². The molecule has 5 nitrogen and oxygen atoms in total. The number of thioether (sulfide) groups is 1. The van der Waals surface area contributed by atoms with Crippen molar-refractivity contribution in [1.29, 1.82) is 0 Å². The largest absolute Gasteiger partial charge is 0.449 e. The lowest BCUT2D eigenvalue weighted by Crippen LogP contribution is -2.70. The fourth-order valence-corrected chi connectivity index (χ4v) is 8.42. The van der Waals surface area contributed by atoms with E-state index in [0.29, 0.717) is 11.8 Å². The van der Waals surface area contributed by atoms with Crippen LogP contribution in [0.15, 0.2) is 23.8 Å². The van der Waals surface area contributed by atoms with Gasteiger partial charge in [0.05, 0.1) is 6.10 Å². The van der Waals surface area contributed by atoms with Crippen molar-refractivity contribution in [2.45, 2.75) is 76.9 Å². The molecule has 0 radical (unpaired) electrons. The molecular weight excluding hydrogens is 469 g/mol. The van der Waals surface area contributed by atoms with Crippen molar-refractivity contribution < 1.29 is 37.4 Å². The van der Waals surface area contributed by atoms with Gasteiger partial charge in [0.25, 0.3) is 0 Å². The normalized spacial score (nSPS) is 47.4. The number of aliphatic hydroxyl groups excluding tert-OH is 1. The van der Waals surface area contributed by atoms with Gasteiger partial charge in [0.15, 0.2) is 17.1 Å². The number of carbonyl (C=O) groups is 3. The number of rotatable bonds is 4. The second-order valence-corrected chi connectivity index (χ2v) is 11.5. The van der Waals surface area contributed by atoms with Crippen LogP contribution in [0.5, 0.6) is 0 Å². The summed E-state index contributed by atoms with van der Waals surface area (Å²) >= 11 is 0.396. The number of aliphatic hydroxyl groups is 1. The first-order chi connectivity index (χ1) is 15.8. The van der Waals surface area contributed by atoms with Gasteiger partial charge in [-0.3, -0.25) is 14.4 Å². The van der Waals surface area contributed by atoms with Crippen LogP contribution in [-0.2, 0) is 19.1 Å². The van der Waals surface area contributed by atoms with Gasteiger partial charge in [0.2, 0.25) is 5.12 Å². The summed E-state index contributed by atoms with van der Waals surface area (Å²) in [6, 6.07) is -1.02. The summed E-state index contributed by atoms with van der Waals surface area (Å²) < 4.78 is 51.8. The molecule has 0 aromatic heterocycles. The average molecular weight is 501 g/mol. The monoisotopic (exact) mass is 500 g/mol. The third-order valence-corrected chi connectivity index (χ3v) is 9.90. The van der Waals surface area contributed by atoms with Crippen molar-refractivity contribution in [3.63, 3.8) is 0 Å². The lowest BCUT2D eigenvalue weighted by atomic mass is 9.44. The number of fused-ring (bicyclic) bond motifs is 5. The molecule has 0 aromatic carbocycles. The van der Waals surface area contributed by atoms with Gasteiger partial charge in [0.1, 0.15) is 12.2 Å². The molecule has 4 aliphatic carbocycles. The SMILES string of the molecule is CCC(=O)O[C@]1(C(=O)SCF)[C@H](C)CC2C3CC(F)C4=CC(=O)C=C[C@]4(C)C3(F)[C@@H](O)C[C@@]21C. The van der Waals surface area contributed by atoms with Gasteiger partial charge >= 0.3 is 5.97 Å². The number of ketones is 1. The molecule has 0 bridgehead atoms. The van der Waals surface area contributed by atoms with Crippen LogP contribution >= 0.6 is 11.8 Å². The Bertz CT molecular complexity index is 984. The molecule has 34 heavy (non-hydrogen) atoms. The van der Waals surface area contributed by atoms with E-state index in [-0.39, 0.29) is 31.3 Å². The van der Waals surface area contributed by atoms with E-state index in [9.17, 15) is 23.9 Å². The van der Waals surface area contributed by atoms with Crippen LogP contribution in [0.3, 0.4) is 0 Å². The van der Waals surface area contributed by atoms with Crippen LogP contribution < -0.4 is 0 Å². The molecule has 3 saturated carbocycles. The highest BCUT2D eigenvalue weighted by Gasteiger charge is 2.78. The van der Waals surface area contributed by atoms with Crippen molar-refractivity contribution in [2.75, 3.05) is 6.01 Å². The minimum atomic E-state index is -2.30. The second kappa shape index (κ2) is 8.22. The number of hydrogen-bond acceptors (Lipinski definition) is 6. The smallest absolute Gasteiger partial charge is 0.306 e. The average Bonchev–Trinajstić information content (AvgIpc) is 2.99. The predicted octanol–water partition coefficient (Wildman–Crippen LogP) is 4.43. The van der Waals surface area contributed by atoms with Gasteiger partial charge in [-0.1, -0.05) is 26.8 Å². The molecule has 0 aromatic rings. The Labute approximate surface area is 201 Å². The number of allylic oxidation sites excluding steroid dienone is 4. The highest BCUT2D eigenvalue weighted by Crippen LogP contribution is 2.72. The van der Waals surface area contributed by atoms with Crippen molar-refractivity contribution >= 4 is 28.6 Å². The minimum absolute atomic E-state index is 0.0141. The number of esters is 1. The molecule has 4 unspecified atom stereocenters. The Morgan fingerprint density at radius 3 is 2.56 bits per heavy atom. The molecule has 188 valence electrons. The van der Waals surface area contributed by atoms with Crippen molar-refractivity contribution in [3.8, 4) is 0 Å². The van der Waals surface area contributed by atoms with Gasteiger partial charge in [-0.05, 0) is 61.6 Å². The summed E-state index contributed by atoms with van der Waals surface area (Å²) in [4.78, 5) is 37.8. The van der Waals surface area contributed by atoms with E-state index < -0.39 is 75.0 Å². The molecule has 4 rings (SSSR count). The lowest BCUT2D eigenvalue weighted by molar-refractivity contribution is -0.228. The van der Waals surface area contributed by atoms with E-state index in [2.05, 4.69) is 0 Å². The third-order valence-electron chi connectivity index (χ3n) is 9.22. The molecule has 4 aliphatic rings. The van der Waals surface area contributed by atoms with Crippen LogP contribution in [0.2, 0.25) is 0 Å². The highest BCUT2D eigenvalue weighted by atomic mass is 32.2. The maximum absolute atomic E-state index is 17.2. The van der Waals surface area contributed by atoms with E-state index in [0.717, 1.165) is 6.08 Å². The first kappa shape index (κ1) is 25.5. The maximum atomic E-state index is 17.2. The van der Waals surface area contributed by atoms with E-state index in [1.54, 1.807) is 20.8 Å². The predicted molar refractivity (Wildman–Crippen MR) is 121 cm³/mol. The zero-order chi connectivity index (χ0) is 25.3. The Balaban J connectivity index is 1.87. The molecule has 0 saturated heterocycles. The van der Waals surface area contributed by atoms with E-state index in [4.69, 9.17) is 4.74 Å². The molecule has 3 fully saturated rings. The first-order valence-corrected chi connectivity index (χ1v) is 12.7. The zero-order valence-corrected chi connectivity index (χ0v) is 20.6. The van der Waals surface area contributed by atoms with E-state index in [1.807, 2.05) is 0 Å². The van der Waals surface area contributed by atoms with Crippen LogP contribution in [0.4, 0.5) is 13.2 Å². The van der Waals surface area contributed by atoms with Gasteiger partial charge in [-0.25, -0.2) is 13.2 Å². The number of ether oxygens (including phenoxy) is 1. The van der Waals surface area contributed by atoms with Gasteiger partial charge < -0.3 is 9.84 Å². The first-order valence-electron chi connectivity index (χ1n) is 11.7. The Kier molecular flexibility index (Phi) is 6.16. The number of carbonyl (C=O) groups excluding carboxylic acids is 3. The molecule has 0 amide bonds. The minimum Gasteiger partial charge on any atom is -0.449 e. The fraction of sp³-hybridized carbons (Fsp3) is 0.720. The second-order valence-electron chi connectivity index (χ2n) is 10.6. The zero-order valence-electron chi connectivity index (χ0n) is 19.8. The van der Waals surface area contributed by atoms with Gasteiger partial charge in [0, 0.05) is 29.1 Å². The molecule has 0 aliphatic heterocycles. The van der Waals surface area contributed by atoms with Crippen LogP contribution in [0.1, 0.15) is 53.4 Å². The molecule has 1 N–H and O–H groups in total. The quantitative estimate of drug-likeness (QED) is 0.576. The molecule has 9 heteroatoms. The summed E-state index contributed by atoms with van der Waals surface area (Å²) in [5.41, 5.74) is -6.84. The standard InChI is InChI=1S/C25H31F3O5S/c1-5-20(31)33-25(21(32)34-12-26)13(2)8-15-16-10-18(27)17-9-14(29)6-7-22(17,3)24(16,28)19(30)11-23(15,25)4/h6-7,9,13,15-16,18-19,30H,5,8,10-12H2,1-4H3/t13-,15?,16?,18?,19+,22+,23+,24?,25+/m1/s1. The number of hydrogen-bond donors (Lipinski definition) is 1. The molecule has 0 spiro atoms. The summed E-state index contributed by atoms with van der Waals surface area (Å²) in [5, 5.41) is 10.7. The third kappa shape index (κ3) is 3.01. The molecule has 0 heterocycles. The lowest BCUT2D eigenvalue weighted by Gasteiger charge is -2.63.